The summed E-state index contributed by atoms with van der Waals surface area (Å²) in [7, 11) is -17.1. The zero-order chi connectivity index (χ0) is 28.3. The van der Waals surface area contributed by atoms with Crippen molar-refractivity contribution in [1.82, 2.24) is 0 Å². The van der Waals surface area contributed by atoms with Gasteiger partial charge in [0.05, 0.1) is 0 Å². The third-order valence-electron chi connectivity index (χ3n) is 4.10. The van der Waals surface area contributed by atoms with Gasteiger partial charge in [-0.3, -0.25) is 0 Å². The summed E-state index contributed by atoms with van der Waals surface area (Å²) in [5, 5.41) is 0. The van der Waals surface area contributed by atoms with E-state index in [1.165, 1.54) is 0 Å². The Morgan fingerprint density at radius 1 is 0.444 bits per heavy atom. The highest BCUT2D eigenvalue weighted by atomic mass is 28.5. The summed E-state index contributed by atoms with van der Waals surface area (Å²) in [6.45, 7) is 32.3. The van der Waals surface area contributed by atoms with Crippen molar-refractivity contribution in [1.29, 1.82) is 0 Å². The van der Waals surface area contributed by atoms with Crippen molar-refractivity contribution >= 4 is 65.5 Å². The molecule has 0 spiro atoms. The second-order valence-electron chi connectivity index (χ2n) is 13.5. The first-order chi connectivity index (χ1) is 15.8. The third-order valence-corrected chi connectivity index (χ3v) is 27.2. The fourth-order valence-corrected chi connectivity index (χ4v) is 34.6. The van der Waals surface area contributed by atoms with Crippen LogP contribution in [0.15, 0.2) is 36.0 Å². The van der Waals surface area contributed by atoms with E-state index < -0.39 is 59.4 Å². The molecule has 1 aromatic rings. The Labute approximate surface area is 229 Å². The summed E-state index contributed by atoms with van der Waals surface area (Å²) < 4.78 is 40.9. The molecule has 0 aromatic heterocycles. The molecular weight excluding hydrogens is 569 g/mol. The van der Waals surface area contributed by atoms with E-state index in [1.54, 1.807) is 0 Å². The molecule has 1 aromatic carbocycles. The predicted molar refractivity (Wildman–Crippen MR) is 170 cm³/mol. The van der Waals surface area contributed by atoms with Crippen LogP contribution in [0.3, 0.4) is 0 Å². The summed E-state index contributed by atoms with van der Waals surface area (Å²) in [4.78, 5) is 0. The van der Waals surface area contributed by atoms with Crippen molar-refractivity contribution < 1.29 is 24.7 Å². The average Bonchev–Trinajstić information content (AvgIpc) is 2.52. The van der Waals surface area contributed by atoms with Gasteiger partial charge in [0.25, 0.3) is 0 Å². The molecule has 0 aliphatic rings. The van der Waals surface area contributed by atoms with Gasteiger partial charge in [0.15, 0.2) is 25.0 Å². The van der Waals surface area contributed by atoms with Gasteiger partial charge in [-0.05, 0) is 109 Å². The molecule has 0 heterocycles. The van der Waals surface area contributed by atoms with Gasteiger partial charge in [0.2, 0.25) is 0 Å². The van der Waals surface area contributed by atoms with Gasteiger partial charge in [-0.1, -0.05) is 36.4 Å². The topological polar surface area (TPSA) is 55.4 Å². The van der Waals surface area contributed by atoms with Gasteiger partial charge >= 0.3 is 34.5 Å². The SMILES string of the molecule is C[Si](C)(C)O[Si](C)(C)O[Si](C=Cc1ccccc1)(O[Si](C)(C)O[Si](C)(C)C)O[Si](C)(C)O[Si](C)(C)C. The van der Waals surface area contributed by atoms with E-state index in [9.17, 15) is 0 Å². The molecule has 13 heteroatoms. The van der Waals surface area contributed by atoms with Crippen molar-refractivity contribution in [2.24, 2.45) is 0 Å². The molecule has 0 aliphatic carbocycles. The van der Waals surface area contributed by atoms with Gasteiger partial charge in [-0.15, -0.1) is 0 Å². The van der Waals surface area contributed by atoms with E-state index in [0.717, 1.165) is 5.56 Å². The molecule has 1 rings (SSSR count). The van der Waals surface area contributed by atoms with Crippen LogP contribution >= 0.6 is 0 Å². The number of rotatable bonds is 14. The summed E-state index contributed by atoms with van der Waals surface area (Å²) in [5.41, 5.74) is 3.10. The lowest BCUT2D eigenvalue weighted by Gasteiger charge is -2.45. The van der Waals surface area contributed by atoms with E-state index in [4.69, 9.17) is 24.7 Å². The minimum Gasteiger partial charge on any atom is -0.437 e. The van der Waals surface area contributed by atoms with Crippen LogP contribution in [-0.2, 0) is 24.7 Å². The van der Waals surface area contributed by atoms with Gasteiger partial charge < -0.3 is 24.7 Å². The molecule has 0 radical (unpaired) electrons. The second kappa shape index (κ2) is 12.2. The second-order valence-corrected chi connectivity index (χ2v) is 41.0. The molecule has 0 atom stereocenters. The van der Waals surface area contributed by atoms with Crippen molar-refractivity contribution in [3.05, 3.63) is 41.6 Å². The van der Waals surface area contributed by atoms with Crippen molar-refractivity contribution in [2.75, 3.05) is 0 Å². The number of benzene rings is 1. The Balaban J connectivity index is 3.68. The van der Waals surface area contributed by atoms with Gasteiger partial charge in [-0.2, -0.15) is 0 Å². The highest BCUT2D eigenvalue weighted by Crippen LogP contribution is 2.32. The largest absolute Gasteiger partial charge is 0.502 e. The Hall–Kier alpha value is 0.238. The molecule has 0 saturated heterocycles. The fraction of sp³-hybridized carbons (Fsp3) is 0.652. The molecule has 0 amide bonds. The molecule has 36 heavy (non-hydrogen) atoms. The lowest BCUT2D eigenvalue weighted by Crippen LogP contribution is -2.65. The first kappa shape index (κ1) is 34.3. The van der Waals surface area contributed by atoms with E-state index in [0.29, 0.717) is 0 Å². The maximum absolute atomic E-state index is 7.02. The lowest BCUT2D eigenvalue weighted by molar-refractivity contribution is 0.206. The Kier molecular flexibility index (Phi) is 11.6. The van der Waals surface area contributed by atoms with Crippen LogP contribution in [0.1, 0.15) is 5.56 Å². The number of hydrogen-bond donors (Lipinski definition) is 0. The van der Waals surface area contributed by atoms with Crippen LogP contribution in [-0.4, -0.2) is 59.4 Å². The minimum atomic E-state index is -3.49. The zero-order valence-corrected chi connectivity index (χ0v) is 32.5. The molecule has 0 aliphatic heterocycles. The Morgan fingerprint density at radius 2 is 0.750 bits per heavy atom. The molecule has 0 bridgehead atoms. The fourth-order valence-electron chi connectivity index (χ4n) is 4.23. The van der Waals surface area contributed by atoms with Gasteiger partial charge in [0, 0.05) is 0 Å². The third kappa shape index (κ3) is 15.0. The highest BCUT2D eigenvalue weighted by molar-refractivity contribution is 6.94. The maximum atomic E-state index is 7.02. The van der Waals surface area contributed by atoms with Crippen LogP contribution < -0.4 is 0 Å². The zero-order valence-electron chi connectivity index (χ0n) is 25.5. The van der Waals surface area contributed by atoms with Crippen molar-refractivity contribution in [3.8, 4) is 0 Å². The van der Waals surface area contributed by atoms with E-state index in [1.807, 2.05) is 23.9 Å². The molecule has 6 nitrogen and oxygen atoms in total. The standard InChI is InChI=1S/C23H52O6Si7/c1-30(2,3)24-33(10,11)27-36(22-21-23-19-17-16-18-20-23,28-34(12,13)25-31(4,5)6)29-35(14,15)26-32(7,8)9/h16-22H,1-15H3. The molecule has 0 N–H and O–H groups in total. The highest BCUT2D eigenvalue weighted by Gasteiger charge is 2.55. The molecule has 0 fully saturated rings. The number of hydrogen-bond acceptors (Lipinski definition) is 6. The van der Waals surface area contributed by atoms with Gasteiger partial charge in [0.1, 0.15) is 0 Å². The van der Waals surface area contributed by atoms with E-state index in [2.05, 4.69) is 116 Å². The monoisotopic (exact) mass is 620 g/mol. The van der Waals surface area contributed by atoms with Gasteiger partial charge in [-0.25, -0.2) is 0 Å². The first-order valence-electron chi connectivity index (χ1n) is 12.8. The van der Waals surface area contributed by atoms with Crippen molar-refractivity contribution in [3.63, 3.8) is 0 Å². The van der Waals surface area contributed by atoms with E-state index >= 15 is 0 Å². The summed E-state index contributed by atoms with van der Waals surface area (Å²) in [6, 6.07) is 10.2. The quantitative estimate of drug-likeness (QED) is 0.197. The lowest BCUT2D eigenvalue weighted by atomic mass is 10.2. The summed E-state index contributed by atoms with van der Waals surface area (Å²) in [6.07, 6.45) is 2.06. The Morgan fingerprint density at radius 3 is 1.03 bits per heavy atom. The van der Waals surface area contributed by atoms with Crippen molar-refractivity contribution in [2.45, 2.75) is 98.2 Å². The maximum Gasteiger partial charge on any atom is 0.502 e. The van der Waals surface area contributed by atoms with Crippen LogP contribution in [0, 0.1) is 0 Å². The predicted octanol–water partition coefficient (Wildman–Crippen LogP) is 7.89. The summed E-state index contributed by atoms with van der Waals surface area (Å²) in [5.74, 6) is 0. The van der Waals surface area contributed by atoms with Crippen LogP contribution in [0.5, 0.6) is 0 Å². The summed E-state index contributed by atoms with van der Waals surface area (Å²) >= 11 is 0. The van der Waals surface area contributed by atoms with E-state index in [-0.39, 0.29) is 0 Å². The minimum absolute atomic E-state index is 1.06. The smallest absolute Gasteiger partial charge is 0.437 e. The first-order valence-corrected chi connectivity index (χ1v) is 33.2. The molecule has 0 unspecified atom stereocenters. The van der Waals surface area contributed by atoms with Crippen LogP contribution in [0.25, 0.3) is 6.08 Å². The van der Waals surface area contributed by atoms with Crippen LogP contribution in [0.2, 0.25) is 98.2 Å². The normalized spacial score (nSPS) is 15.1. The average molecular weight is 621 g/mol. The Bertz CT molecular complexity index is 782. The molecule has 0 saturated carbocycles. The molecule has 208 valence electrons. The molecular formula is C23H52O6Si7. The van der Waals surface area contributed by atoms with Crippen LogP contribution in [0.4, 0.5) is 0 Å².